The van der Waals surface area contributed by atoms with Gasteiger partial charge in [0, 0.05) is 19.0 Å². The second-order valence-electron chi connectivity index (χ2n) is 7.82. The maximum atomic E-state index is 13.1. The largest absolute Gasteiger partial charge is 0.482 e. The number of aryl methyl sites for hydroxylation is 2. The number of sulfonamides is 1. The molecule has 5 rings (SSSR count). The number of rotatable bonds is 7. The fraction of sp³-hybridized carbons (Fsp3) is 0.318. The van der Waals surface area contributed by atoms with Gasteiger partial charge in [0.15, 0.2) is 23.9 Å². The van der Waals surface area contributed by atoms with Crippen molar-refractivity contribution in [1.29, 1.82) is 0 Å². The van der Waals surface area contributed by atoms with E-state index in [0.717, 1.165) is 5.56 Å². The standard InChI is InChI=1S/C22H22N4O7S/c1-3-21-24-20(25-33-21)10-26-15-6-13(2)19(8-17(15)30-11-22(26)27)34(28,29)23-9-14-4-5-16-18(7-14)32-12-31-16/h4-8,23H,3,9-12H2,1-2H3. The Morgan fingerprint density at radius 2 is 1.91 bits per heavy atom. The molecule has 0 fully saturated rings. The van der Waals surface area contributed by atoms with Gasteiger partial charge in [-0.3, -0.25) is 9.69 Å². The highest BCUT2D eigenvalue weighted by atomic mass is 32.2. The van der Waals surface area contributed by atoms with Crippen molar-refractivity contribution in [3.05, 3.63) is 53.2 Å². The topological polar surface area (TPSA) is 133 Å². The number of ether oxygens (including phenoxy) is 3. The number of hydrogen-bond acceptors (Lipinski definition) is 9. The molecule has 0 atom stereocenters. The lowest BCUT2D eigenvalue weighted by Crippen LogP contribution is -2.38. The summed E-state index contributed by atoms with van der Waals surface area (Å²) in [7, 11) is -3.87. The molecule has 3 aromatic rings. The Morgan fingerprint density at radius 1 is 1.09 bits per heavy atom. The maximum absolute atomic E-state index is 13.1. The molecule has 0 spiro atoms. The Kier molecular flexibility index (Phi) is 5.62. The summed E-state index contributed by atoms with van der Waals surface area (Å²) >= 11 is 0. The summed E-state index contributed by atoms with van der Waals surface area (Å²) in [4.78, 5) is 18.3. The van der Waals surface area contributed by atoms with Crippen LogP contribution < -0.4 is 23.8 Å². The molecular weight excluding hydrogens is 464 g/mol. The Hall–Kier alpha value is -3.64. The lowest BCUT2D eigenvalue weighted by Gasteiger charge is -2.29. The van der Waals surface area contributed by atoms with Crippen LogP contribution in [0.3, 0.4) is 0 Å². The van der Waals surface area contributed by atoms with E-state index in [1.54, 1.807) is 31.2 Å². The monoisotopic (exact) mass is 486 g/mol. The van der Waals surface area contributed by atoms with E-state index in [1.165, 1.54) is 11.0 Å². The van der Waals surface area contributed by atoms with Crippen molar-refractivity contribution in [3.63, 3.8) is 0 Å². The third-order valence-electron chi connectivity index (χ3n) is 5.50. The van der Waals surface area contributed by atoms with Crippen LogP contribution in [0.5, 0.6) is 17.2 Å². The Morgan fingerprint density at radius 3 is 2.71 bits per heavy atom. The number of carbonyl (C=O) groups excluding carboxylic acids is 1. The van der Waals surface area contributed by atoms with Crippen molar-refractivity contribution < 1.29 is 31.9 Å². The molecule has 1 N–H and O–H groups in total. The number of fused-ring (bicyclic) bond motifs is 2. The summed E-state index contributed by atoms with van der Waals surface area (Å²) in [6.45, 7) is 3.63. The number of hydrogen-bond donors (Lipinski definition) is 1. The number of anilines is 1. The first kappa shape index (κ1) is 22.2. The van der Waals surface area contributed by atoms with Gasteiger partial charge >= 0.3 is 0 Å². The molecule has 0 saturated carbocycles. The highest BCUT2D eigenvalue weighted by molar-refractivity contribution is 7.89. The van der Waals surface area contributed by atoms with Crippen LogP contribution in [0, 0.1) is 6.92 Å². The maximum Gasteiger partial charge on any atom is 0.265 e. The van der Waals surface area contributed by atoms with E-state index in [1.807, 2.05) is 6.92 Å². The number of nitrogens with one attached hydrogen (secondary N) is 1. The third kappa shape index (κ3) is 4.17. The molecule has 2 aliphatic heterocycles. The van der Waals surface area contributed by atoms with Crippen molar-refractivity contribution in [2.24, 2.45) is 0 Å². The number of benzene rings is 2. The van der Waals surface area contributed by atoms with E-state index < -0.39 is 10.0 Å². The van der Waals surface area contributed by atoms with Crippen LogP contribution in [0.15, 0.2) is 39.8 Å². The molecule has 2 aromatic carbocycles. The zero-order valence-corrected chi connectivity index (χ0v) is 19.3. The Balaban J connectivity index is 1.38. The molecule has 0 saturated heterocycles. The normalized spacial score (nSPS) is 14.8. The van der Waals surface area contributed by atoms with Crippen molar-refractivity contribution >= 4 is 21.6 Å². The molecule has 0 aliphatic carbocycles. The molecule has 11 nitrogen and oxygen atoms in total. The number of nitrogens with zero attached hydrogens (tertiary/aromatic N) is 3. The Bertz CT molecular complexity index is 1370. The highest BCUT2D eigenvalue weighted by Gasteiger charge is 2.30. The smallest absolute Gasteiger partial charge is 0.265 e. The summed E-state index contributed by atoms with van der Waals surface area (Å²) in [6, 6.07) is 8.29. The van der Waals surface area contributed by atoms with E-state index in [4.69, 9.17) is 18.7 Å². The quantitative estimate of drug-likeness (QED) is 0.533. The summed E-state index contributed by atoms with van der Waals surface area (Å²) in [5, 5.41) is 3.90. The summed E-state index contributed by atoms with van der Waals surface area (Å²) in [5.74, 6) is 2.03. The van der Waals surface area contributed by atoms with Crippen LogP contribution in [0.25, 0.3) is 0 Å². The average molecular weight is 487 g/mol. The van der Waals surface area contributed by atoms with E-state index in [-0.39, 0.29) is 43.0 Å². The van der Waals surface area contributed by atoms with Crippen LogP contribution in [0.2, 0.25) is 0 Å². The van der Waals surface area contributed by atoms with Crippen LogP contribution in [-0.2, 0) is 34.3 Å². The molecule has 0 unspecified atom stereocenters. The SMILES string of the molecule is CCc1nc(CN2C(=O)COc3cc(S(=O)(=O)NCc4ccc5c(c4)OCO5)c(C)cc32)no1. The predicted molar refractivity (Wildman–Crippen MR) is 118 cm³/mol. The minimum Gasteiger partial charge on any atom is -0.482 e. The number of amides is 1. The molecule has 0 bridgehead atoms. The second kappa shape index (κ2) is 8.61. The van der Waals surface area contributed by atoms with Gasteiger partial charge in [0.25, 0.3) is 5.91 Å². The van der Waals surface area contributed by atoms with Crippen LogP contribution in [0.4, 0.5) is 5.69 Å². The van der Waals surface area contributed by atoms with Gasteiger partial charge in [-0.2, -0.15) is 4.98 Å². The number of carbonyl (C=O) groups is 1. The van der Waals surface area contributed by atoms with Gasteiger partial charge in [-0.15, -0.1) is 0 Å². The van der Waals surface area contributed by atoms with E-state index >= 15 is 0 Å². The molecular formula is C22H22N4O7S. The first-order valence-corrected chi connectivity index (χ1v) is 12.1. The summed E-state index contributed by atoms with van der Waals surface area (Å²) in [5.41, 5.74) is 1.64. The first-order valence-electron chi connectivity index (χ1n) is 10.6. The molecule has 34 heavy (non-hydrogen) atoms. The second-order valence-corrected chi connectivity index (χ2v) is 9.56. The molecule has 12 heteroatoms. The van der Waals surface area contributed by atoms with E-state index in [9.17, 15) is 13.2 Å². The Labute approximate surface area is 195 Å². The summed E-state index contributed by atoms with van der Waals surface area (Å²) < 4.78 is 50.1. The summed E-state index contributed by atoms with van der Waals surface area (Å²) in [6.07, 6.45) is 0.584. The minimum absolute atomic E-state index is 0.0640. The average Bonchev–Trinajstić information content (AvgIpc) is 3.48. The van der Waals surface area contributed by atoms with Gasteiger partial charge in [0.05, 0.1) is 17.1 Å². The van der Waals surface area contributed by atoms with Crippen LogP contribution in [-0.4, -0.2) is 37.9 Å². The predicted octanol–water partition coefficient (Wildman–Crippen LogP) is 2.07. The van der Waals surface area contributed by atoms with Crippen LogP contribution >= 0.6 is 0 Å². The van der Waals surface area contributed by atoms with Crippen LogP contribution in [0.1, 0.15) is 29.8 Å². The molecule has 2 aliphatic rings. The minimum atomic E-state index is -3.87. The van der Waals surface area contributed by atoms with Gasteiger partial charge in [-0.25, -0.2) is 13.1 Å². The van der Waals surface area contributed by atoms with Gasteiger partial charge in [-0.05, 0) is 36.2 Å². The third-order valence-corrected chi connectivity index (χ3v) is 7.05. The zero-order chi connectivity index (χ0) is 23.9. The fourth-order valence-electron chi connectivity index (χ4n) is 3.74. The van der Waals surface area contributed by atoms with E-state index in [0.29, 0.717) is 40.9 Å². The van der Waals surface area contributed by atoms with Crippen molar-refractivity contribution in [2.45, 2.75) is 38.3 Å². The van der Waals surface area contributed by atoms with Crippen molar-refractivity contribution in [3.8, 4) is 17.2 Å². The number of aromatic nitrogens is 2. The molecule has 178 valence electrons. The lowest BCUT2D eigenvalue weighted by molar-refractivity contribution is -0.121. The van der Waals surface area contributed by atoms with Gasteiger partial charge in [0.2, 0.25) is 22.7 Å². The molecule has 1 amide bonds. The van der Waals surface area contributed by atoms with Gasteiger partial charge in [0.1, 0.15) is 5.75 Å². The highest BCUT2D eigenvalue weighted by Crippen LogP contribution is 2.37. The van der Waals surface area contributed by atoms with Gasteiger partial charge < -0.3 is 18.7 Å². The first-order chi connectivity index (χ1) is 16.3. The van der Waals surface area contributed by atoms with Crippen molar-refractivity contribution in [2.75, 3.05) is 18.3 Å². The zero-order valence-electron chi connectivity index (χ0n) is 18.5. The molecule has 0 radical (unpaired) electrons. The molecule has 3 heterocycles. The van der Waals surface area contributed by atoms with E-state index in [2.05, 4.69) is 14.9 Å². The molecule has 1 aromatic heterocycles. The van der Waals surface area contributed by atoms with Crippen molar-refractivity contribution in [1.82, 2.24) is 14.9 Å². The fourth-order valence-corrected chi connectivity index (χ4v) is 5.00. The van der Waals surface area contributed by atoms with Gasteiger partial charge in [-0.1, -0.05) is 18.1 Å². The lowest BCUT2D eigenvalue weighted by atomic mass is 10.1.